The fraction of sp³-hybridized carbons (Fsp3) is 0.464. The summed E-state index contributed by atoms with van der Waals surface area (Å²) in [5, 5.41) is 0.0725. The van der Waals surface area contributed by atoms with Crippen LogP contribution in [0.1, 0.15) is 53.6 Å². The van der Waals surface area contributed by atoms with E-state index in [0.29, 0.717) is 50.5 Å². The highest BCUT2D eigenvalue weighted by molar-refractivity contribution is 6.31. The molecule has 11 heteroatoms. The van der Waals surface area contributed by atoms with Gasteiger partial charge in [0.25, 0.3) is 5.91 Å². The van der Waals surface area contributed by atoms with E-state index < -0.39 is 22.7 Å². The number of amides is 3. The van der Waals surface area contributed by atoms with Crippen molar-refractivity contribution in [1.29, 1.82) is 0 Å². The van der Waals surface area contributed by atoms with Gasteiger partial charge in [-0.05, 0) is 55.2 Å². The van der Waals surface area contributed by atoms with Crippen molar-refractivity contribution >= 4 is 40.9 Å². The molecule has 3 amide bonds. The zero-order valence-corrected chi connectivity index (χ0v) is 23.2. The number of alkyl halides is 3. The zero-order chi connectivity index (χ0) is 28.5. The lowest BCUT2D eigenvalue weighted by molar-refractivity contribution is -0.141. The predicted octanol–water partition coefficient (Wildman–Crippen LogP) is 5.73. The molecule has 39 heavy (non-hydrogen) atoms. The number of nitrogens with zero attached hydrogens (tertiary/aromatic N) is 3. The Hall–Kier alpha value is -2.78. The Morgan fingerprint density at radius 3 is 2.13 bits per heavy atom. The summed E-state index contributed by atoms with van der Waals surface area (Å²) in [6.45, 7) is 3.37. The molecule has 0 bridgehead atoms. The average Bonchev–Trinajstić information content (AvgIpc) is 2.91. The Morgan fingerprint density at radius 1 is 0.923 bits per heavy atom. The number of halogens is 5. The molecule has 0 aliphatic carbocycles. The first kappa shape index (κ1) is 29.2. The highest BCUT2D eigenvalue weighted by Gasteiger charge is 2.40. The van der Waals surface area contributed by atoms with Crippen molar-refractivity contribution in [1.82, 2.24) is 14.7 Å². The molecule has 6 nitrogen and oxygen atoms in total. The number of hydrogen-bond donors (Lipinski definition) is 0. The van der Waals surface area contributed by atoms with E-state index in [1.807, 2.05) is 17.0 Å². The average molecular weight is 584 g/mol. The van der Waals surface area contributed by atoms with Gasteiger partial charge in [0.1, 0.15) is 0 Å². The molecule has 2 unspecified atom stereocenters. The number of carbonyl (C=O) groups is 3. The van der Waals surface area contributed by atoms with Crippen molar-refractivity contribution in [3.8, 4) is 0 Å². The van der Waals surface area contributed by atoms with Crippen molar-refractivity contribution < 1.29 is 27.6 Å². The molecule has 0 aromatic heterocycles. The summed E-state index contributed by atoms with van der Waals surface area (Å²) in [5.74, 6) is -0.993. The van der Waals surface area contributed by atoms with Crippen molar-refractivity contribution in [3.05, 3.63) is 69.2 Å². The fourth-order valence-electron chi connectivity index (χ4n) is 5.57. The molecule has 2 aromatic carbocycles. The molecule has 2 fully saturated rings. The molecule has 2 aliphatic heterocycles. The van der Waals surface area contributed by atoms with Crippen LogP contribution in [-0.2, 0) is 15.8 Å². The van der Waals surface area contributed by atoms with E-state index in [1.54, 1.807) is 24.1 Å². The number of piperidine rings is 2. The van der Waals surface area contributed by atoms with Gasteiger partial charge in [-0.1, -0.05) is 35.3 Å². The normalized spacial score (nSPS) is 20.6. The van der Waals surface area contributed by atoms with Gasteiger partial charge in [0.05, 0.1) is 10.6 Å². The maximum absolute atomic E-state index is 13.5. The van der Waals surface area contributed by atoms with E-state index in [2.05, 4.69) is 0 Å². The summed E-state index contributed by atoms with van der Waals surface area (Å²) in [5.41, 5.74) is -0.297. The third-order valence-electron chi connectivity index (χ3n) is 7.81. The predicted molar refractivity (Wildman–Crippen MR) is 143 cm³/mol. The molecule has 0 radical (unpaired) electrons. The molecule has 2 atom stereocenters. The maximum atomic E-state index is 13.5. The van der Waals surface area contributed by atoms with Crippen LogP contribution >= 0.6 is 23.2 Å². The molecule has 2 aliphatic rings. The molecule has 4 rings (SSSR count). The van der Waals surface area contributed by atoms with Gasteiger partial charge in [-0.25, -0.2) is 0 Å². The molecular formula is C28H30Cl2F3N3O3. The van der Waals surface area contributed by atoms with Gasteiger partial charge in [0.2, 0.25) is 11.8 Å². The Balaban J connectivity index is 1.56. The number of hydrogen-bond acceptors (Lipinski definition) is 3. The van der Waals surface area contributed by atoms with Gasteiger partial charge in [0.15, 0.2) is 0 Å². The summed E-state index contributed by atoms with van der Waals surface area (Å²) in [7, 11) is 1.58. The fourth-order valence-corrected chi connectivity index (χ4v) is 5.92. The second kappa shape index (κ2) is 11.8. The first-order chi connectivity index (χ1) is 18.4. The summed E-state index contributed by atoms with van der Waals surface area (Å²) in [6, 6.07) is 9.97. The summed E-state index contributed by atoms with van der Waals surface area (Å²) in [6.07, 6.45) is -3.04. The van der Waals surface area contributed by atoms with E-state index in [-0.39, 0.29) is 35.3 Å². The van der Waals surface area contributed by atoms with Crippen LogP contribution in [0.25, 0.3) is 0 Å². The molecule has 210 valence electrons. The molecular weight excluding hydrogens is 554 g/mol. The van der Waals surface area contributed by atoms with Crippen molar-refractivity contribution in [3.63, 3.8) is 0 Å². The van der Waals surface area contributed by atoms with Crippen LogP contribution in [0.2, 0.25) is 10.0 Å². The van der Waals surface area contributed by atoms with Crippen LogP contribution in [-0.4, -0.2) is 71.7 Å². The quantitative estimate of drug-likeness (QED) is 0.462. The van der Waals surface area contributed by atoms with Crippen LogP contribution in [0.4, 0.5) is 13.2 Å². The molecule has 0 spiro atoms. The Labute approximate surface area is 235 Å². The van der Waals surface area contributed by atoms with Crippen LogP contribution in [0.3, 0.4) is 0 Å². The van der Waals surface area contributed by atoms with Crippen LogP contribution in [0.15, 0.2) is 42.5 Å². The second-order valence-electron chi connectivity index (χ2n) is 10.2. The highest BCUT2D eigenvalue weighted by Crippen LogP contribution is 2.37. The van der Waals surface area contributed by atoms with Crippen LogP contribution in [0, 0.1) is 5.92 Å². The zero-order valence-electron chi connectivity index (χ0n) is 21.7. The monoisotopic (exact) mass is 583 g/mol. The van der Waals surface area contributed by atoms with Gasteiger partial charge in [-0.15, -0.1) is 0 Å². The first-order valence-corrected chi connectivity index (χ1v) is 13.6. The minimum absolute atomic E-state index is 0.000242. The number of benzene rings is 2. The third-order valence-corrected chi connectivity index (χ3v) is 8.39. The Morgan fingerprint density at radius 2 is 1.54 bits per heavy atom. The smallest absolute Gasteiger partial charge is 0.343 e. The standard InChI is InChI=1S/C28H30Cl2F3N3O3/c1-17(37)35-12-9-19(10-13-35)27(39)36-14-11-25(22(16-36)18-3-6-21(29)7-4-18)34(2)26(38)20-5-8-24(30)23(15-20)28(31,32)33/h3-8,15,19,22,25H,9-14,16H2,1-2H3. The summed E-state index contributed by atoms with van der Waals surface area (Å²) < 4.78 is 40.3. The molecule has 0 N–H and O–H groups in total. The van der Waals surface area contributed by atoms with Crippen molar-refractivity contribution in [2.24, 2.45) is 5.92 Å². The van der Waals surface area contributed by atoms with E-state index in [9.17, 15) is 27.6 Å². The summed E-state index contributed by atoms with van der Waals surface area (Å²) in [4.78, 5) is 43.5. The molecule has 2 heterocycles. The van der Waals surface area contributed by atoms with E-state index in [1.165, 1.54) is 17.9 Å². The van der Waals surface area contributed by atoms with Crippen molar-refractivity contribution in [2.45, 2.75) is 44.3 Å². The lowest BCUT2D eigenvalue weighted by Gasteiger charge is -2.44. The number of likely N-dealkylation sites (N-methyl/N-ethyl adjacent to an activating group) is 1. The van der Waals surface area contributed by atoms with E-state index >= 15 is 0 Å². The minimum atomic E-state index is -4.69. The topological polar surface area (TPSA) is 60.9 Å². The van der Waals surface area contributed by atoms with E-state index in [0.717, 1.165) is 17.7 Å². The van der Waals surface area contributed by atoms with Gasteiger partial charge >= 0.3 is 6.18 Å². The molecule has 2 saturated heterocycles. The Kier molecular flexibility index (Phi) is 8.81. The molecule has 0 saturated carbocycles. The Bertz CT molecular complexity index is 1230. The van der Waals surface area contributed by atoms with Gasteiger partial charge in [-0.3, -0.25) is 14.4 Å². The van der Waals surface area contributed by atoms with Gasteiger partial charge < -0.3 is 14.7 Å². The SMILES string of the molecule is CC(=O)N1CCC(C(=O)N2CCC(N(C)C(=O)c3ccc(Cl)c(C(F)(F)F)c3)C(c3ccc(Cl)cc3)C2)CC1. The van der Waals surface area contributed by atoms with E-state index in [4.69, 9.17) is 23.2 Å². The minimum Gasteiger partial charge on any atom is -0.343 e. The number of likely N-dealkylation sites (tertiary alicyclic amines) is 2. The lowest BCUT2D eigenvalue weighted by Crippen LogP contribution is -2.53. The lowest BCUT2D eigenvalue weighted by atomic mass is 9.83. The van der Waals surface area contributed by atoms with Crippen LogP contribution in [0.5, 0.6) is 0 Å². The molecule has 2 aromatic rings. The number of rotatable bonds is 4. The first-order valence-electron chi connectivity index (χ1n) is 12.8. The maximum Gasteiger partial charge on any atom is 0.417 e. The second-order valence-corrected chi connectivity index (χ2v) is 11.0. The number of carbonyl (C=O) groups excluding carboxylic acids is 3. The van der Waals surface area contributed by atoms with Crippen molar-refractivity contribution in [2.75, 3.05) is 33.2 Å². The highest BCUT2D eigenvalue weighted by atomic mass is 35.5. The van der Waals surface area contributed by atoms with Crippen LogP contribution < -0.4 is 0 Å². The van der Waals surface area contributed by atoms with Gasteiger partial charge in [0, 0.05) is 68.6 Å². The largest absolute Gasteiger partial charge is 0.417 e. The van der Waals surface area contributed by atoms with Gasteiger partial charge in [-0.2, -0.15) is 13.2 Å². The third kappa shape index (κ3) is 6.52. The summed E-state index contributed by atoms with van der Waals surface area (Å²) >= 11 is 11.8.